The number of phosphoric ester groups is 1. The van der Waals surface area contributed by atoms with Gasteiger partial charge in [0.05, 0.1) is 40.0 Å². The lowest BCUT2D eigenvalue weighted by Gasteiger charge is -2.24. The first-order valence-electron chi connectivity index (χ1n) is 24.3. The predicted molar refractivity (Wildman–Crippen MR) is 239 cm³/mol. The van der Waals surface area contributed by atoms with Crippen molar-refractivity contribution in [2.45, 2.75) is 244 Å². The van der Waals surface area contributed by atoms with E-state index in [0.29, 0.717) is 17.4 Å². The van der Waals surface area contributed by atoms with Crippen LogP contribution in [0.15, 0.2) is 0 Å². The van der Waals surface area contributed by atoms with Crippen LogP contribution in [0.4, 0.5) is 0 Å². The van der Waals surface area contributed by atoms with Gasteiger partial charge in [-0.05, 0) is 39.5 Å². The summed E-state index contributed by atoms with van der Waals surface area (Å²) in [5.74, 6) is -1.36. The Bertz CT molecular complexity index is 1080. The molecule has 59 heavy (non-hydrogen) atoms. The number of likely N-dealkylation sites (N-methyl/N-ethyl adjacent to an activating group) is 1. The van der Waals surface area contributed by atoms with E-state index in [2.05, 4.69) is 13.8 Å². The molecule has 12 heteroatoms. The van der Waals surface area contributed by atoms with E-state index in [4.69, 9.17) is 28.0 Å². The van der Waals surface area contributed by atoms with Crippen molar-refractivity contribution in [3.63, 3.8) is 0 Å². The Morgan fingerprint density at radius 3 is 1.41 bits per heavy atom. The van der Waals surface area contributed by atoms with Gasteiger partial charge in [-0.2, -0.15) is 0 Å². The molecule has 1 aliphatic rings. The van der Waals surface area contributed by atoms with Gasteiger partial charge < -0.3 is 28.3 Å². The minimum absolute atomic E-state index is 0.0230. The van der Waals surface area contributed by atoms with E-state index in [1.165, 1.54) is 116 Å². The SMILES string of the molecule is CCCCCCCCCCCCCCCCCC(=O)OC[C@H](COP(=O)(O)OCC[N+](C)(C)C)OC(=O)CCCCCCCC1OC(C)(C)OC1CCCCCCCC. The molecule has 0 aromatic heterocycles. The Morgan fingerprint density at radius 1 is 0.593 bits per heavy atom. The molecular formula is C47H93NO10P+. The molecule has 11 nitrogen and oxygen atoms in total. The molecule has 0 aromatic carbocycles. The highest BCUT2D eigenvalue weighted by Gasteiger charge is 2.40. The summed E-state index contributed by atoms with van der Waals surface area (Å²) in [5.41, 5.74) is 0. The van der Waals surface area contributed by atoms with Crippen molar-refractivity contribution >= 4 is 19.8 Å². The van der Waals surface area contributed by atoms with Crippen molar-refractivity contribution < 1.29 is 51.5 Å². The number of hydrogen-bond acceptors (Lipinski definition) is 9. The third kappa shape index (κ3) is 34.1. The predicted octanol–water partition coefficient (Wildman–Crippen LogP) is 12.5. The maximum Gasteiger partial charge on any atom is 0.472 e. The summed E-state index contributed by atoms with van der Waals surface area (Å²) in [6, 6.07) is 0. The quantitative estimate of drug-likeness (QED) is 0.0275. The monoisotopic (exact) mass is 863 g/mol. The number of rotatable bonds is 41. The topological polar surface area (TPSA) is 127 Å². The van der Waals surface area contributed by atoms with Gasteiger partial charge in [0.1, 0.15) is 19.8 Å². The highest BCUT2D eigenvalue weighted by molar-refractivity contribution is 7.47. The molecule has 1 aliphatic heterocycles. The number of quaternary nitrogens is 1. The lowest BCUT2D eigenvalue weighted by Crippen LogP contribution is -2.37. The summed E-state index contributed by atoms with van der Waals surface area (Å²) in [4.78, 5) is 35.7. The second-order valence-electron chi connectivity index (χ2n) is 18.7. The lowest BCUT2D eigenvalue weighted by molar-refractivity contribution is -0.870. The number of nitrogens with zero attached hydrogens (tertiary/aromatic N) is 1. The van der Waals surface area contributed by atoms with Crippen LogP contribution < -0.4 is 0 Å². The summed E-state index contributed by atoms with van der Waals surface area (Å²) in [6.45, 7) is 8.38. The number of hydrogen-bond donors (Lipinski definition) is 1. The van der Waals surface area contributed by atoms with Gasteiger partial charge in [0.2, 0.25) is 0 Å². The van der Waals surface area contributed by atoms with E-state index in [-0.39, 0.29) is 44.2 Å². The molecule has 1 N–H and O–H groups in total. The summed E-state index contributed by atoms with van der Waals surface area (Å²) in [7, 11) is 1.45. The fraction of sp³-hybridized carbons (Fsp3) is 0.957. The maximum absolute atomic E-state index is 12.8. The van der Waals surface area contributed by atoms with Crippen LogP contribution >= 0.6 is 7.82 Å². The molecule has 1 fully saturated rings. The average Bonchev–Trinajstić information content (AvgIpc) is 3.47. The molecule has 1 heterocycles. The Labute approximate surface area is 362 Å². The number of ether oxygens (including phenoxy) is 4. The van der Waals surface area contributed by atoms with Crippen LogP contribution in [0, 0.1) is 0 Å². The average molecular weight is 863 g/mol. The van der Waals surface area contributed by atoms with Gasteiger partial charge in [-0.1, -0.05) is 168 Å². The molecule has 0 radical (unpaired) electrons. The van der Waals surface area contributed by atoms with Gasteiger partial charge >= 0.3 is 19.8 Å². The number of phosphoric acid groups is 1. The van der Waals surface area contributed by atoms with E-state index in [1.807, 2.05) is 35.0 Å². The van der Waals surface area contributed by atoms with Crippen molar-refractivity contribution in [1.82, 2.24) is 0 Å². The molecule has 4 atom stereocenters. The number of unbranched alkanes of at least 4 members (excludes halogenated alkanes) is 23. The highest BCUT2D eigenvalue weighted by Crippen LogP contribution is 2.43. The van der Waals surface area contributed by atoms with Gasteiger partial charge in [-0.25, -0.2) is 4.57 Å². The van der Waals surface area contributed by atoms with Crippen LogP contribution in [0.5, 0.6) is 0 Å². The molecule has 350 valence electrons. The van der Waals surface area contributed by atoms with Crippen LogP contribution in [0.1, 0.15) is 220 Å². The fourth-order valence-electron chi connectivity index (χ4n) is 7.57. The summed E-state index contributed by atoms with van der Waals surface area (Å²) < 4.78 is 47.0. The zero-order valence-corrected chi connectivity index (χ0v) is 40.2. The zero-order valence-electron chi connectivity index (χ0n) is 39.3. The third-order valence-electron chi connectivity index (χ3n) is 11.1. The molecule has 3 unspecified atom stereocenters. The molecule has 1 rings (SSSR count). The Hall–Kier alpha value is -1.07. The molecule has 0 bridgehead atoms. The standard InChI is InChI=1S/C47H92NO10P/c1-8-10-12-14-16-17-18-19-20-21-22-23-24-28-32-36-45(49)53-40-42(41-55-59(51,52)54-39-38-48(5,6)7)56-46(50)37-33-29-25-27-31-35-44-43(57-47(3,4)58-44)34-30-26-15-13-11-9-2/h42-44H,8-41H2,1-7H3/p+1/t42-,43?,44?/m1/s1. The van der Waals surface area contributed by atoms with Gasteiger partial charge in [0.15, 0.2) is 11.9 Å². The molecule has 0 amide bonds. The largest absolute Gasteiger partial charge is 0.472 e. The molecule has 1 saturated heterocycles. The van der Waals surface area contributed by atoms with Gasteiger partial charge in [-0.15, -0.1) is 0 Å². The minimum Gasteiger partial charge on any atom is -0.462 e. The molecular weight excluding hydrogens is 769 g/mol. The number of esters is 2. The first-order valence-corrected chi connectivity index (χ1v) is 25.8. The van der Waals surface area contributed by atoms with Crippen LogP contribution in [-0.2, 0) is 42.1 Å². The molecule has 0 aliphatic carbocycles. The van der Waals surface area contributed by atoms with Crippen LogP contribution in [0.3, 0.4) is 0 Å². The first kappa shape index (κ1) is 55.9. The second-order valence-corrected chi connectivity index (χ2v) is 20.1. The van der Waals surface area contributed by atoms with Gasteiger partial charge in [0, 0.05) is 12.8 Å². The van der Waals surface area contributed by atoms with Crippen LogP contribution in [0.2, 0.25) is 0 Å². The molecule has 0 spiro atoms. The van der Waals surface area contributed by atoms with E-state index in [1.54, 1.807) is 0 Å². The zero-order chi connectivity index (χ0) is 43.7. The Morgan fingerprint density at radius 2 is 0.983 bits per heavy atom. The van der Waals surface area contributed by atoms with Gasteiger partial charge in [0.25, 0.3) is 0 Å². The summed E-state index contributed by atoms with van der Waals surface area (Å²) in [5, 5.41) is 0. The Balaban J connectivity index is 2.37. The summed E-state index contributed by atoms with van der Waals surface area (Å²) >= 11 is 0. The van der Waals surface area contributed by atoms with Gasteiger partial charge in [-0.3, -0.25) is 18.6 Å². The normalized spacial score (nSPS) is 18.2. The maximum atomic E-state index is 12.8. The highest BCUT2D eigenvalue weighted by atomic mass is 31.2. The summed E-state index contributed by atoms with van der Waals surface area (Å²) in [6.07, 6.45) is 32.7. The first-order chi connectivity index (χ1) is 28.2. The van der Waals surface area contributed by atoms with Crippen LogP contribution in [-0.4, -0.2) is 92.9 Å². The third-order valence-corrected chi connectivity index (χ3v) is 12.1. The van der Waals surface area contributed by atoms with E-state index in [9.17, 15) is 19.0 Å². The molecule has 0 aromatic rings. The van der Waals surface area contributed by atoms with Crippen molar-refractivity contribution in [3.05, 3.63) is 0 Å². The van der Waals surface area contributed by atoms with Crippen molar-refractivity contribution in [2.75, 3.05) is 47.5 Å². The Kier molecular flexibility index (Phi) is 32.6. The minimum atomic E-state index is -4.40. The van der Waals surface area contributed by atoms with Crippen LogP contribution in [0.25, 0.3) is 0 Å². The van der Waals surface area contributed by atoms with E-state index >= 15 is 0 Å². The van der Waals surface area contributed by atoms with Crippen molar-refractivity contribution in [1.29, 1.82) is 0 Å². The van der Waals surface area contributed by atoms with Crippen molar-refractivity contribution in [3.8, 4) is 0 Å². The van der Waals surface area contributed by atoms with E-state index < -0.39 is 32.3 Å². The second kappa shape index (κ2) is 34.4. The fourth-order valence-corrected chi connectivity index (χ4v) is 8.32. The van der Waals surface area contributed by atoms with Crippen molar-refractivity contribution in [2.24, 2.45) is 0 Å². The lowest BCUT2D eigenvalue weighted by atomic mass is 9.99. The smallest absolute Gasteiger partial charge is 0.462 e. The number of carbonyl (C=O) groups excluding carboxylic acids is 2. The number of carbonyl (C=O) groups is 2. The van der Waals surface area contributed by atoms with E-state index in [0.717, 1.165) is 57.8 Å². The molecule has 0 saturated carbocycles.